The summed E-state index contributed by atoms with van der Waals surface area (Å²) in [6, 6.07) is 10.5. The molecule has 1 amide bonds. The van der Waals surface area contributed by atoms with Gasteiger partial charge in [0.2, 0.25) is 26.0 Å². The first-order valence-electron chi connectivity index (χ1n) is 10.3. The van der Waals surface area contributed by atoms with Crippen molar-refractivity contribution >= 4 is 31.6 Å². The monoisotopic (exact) mass is 481 g/mol. The molecule has 0 radical (unpaired) electrons. The number of sulfonamides is 2. The van der Waals surface area contributed by atoms with Gasteiger partial charge in [-0.25, -0.2) is 16.8 Å². The minimum Gasteiger partial charge on any atom is -0.506 e. The van der Waals surface area contributed by atoms with Crippen molar-refractivity contribution in [3.05, 3.63) is 48.5 Å². The van der Waals surface area contributed by atoms with Gasteiger partial charge in [-0.2, -0.15) is 8.61 Å². The van der Waals surface area contributed by atoms with E-state index in [0.717, 1.165) is 4.31 Å². The lowest BCUT2D eigenvalue weighted by Gasteiger charge is -2.24. The zero-order valence-corrected chi connectivity index (χ0v) is 19.6. The Kier molecular flexibility index (Phi) is 7.23. The number of carbonyl (C=O) groups excluding carboxylic acids is 1. The van der Waals surface area contributed by atoms with Crippen LogP contribution in [0.1, 0.15) is 26.7 Å². The molecule has 174 valence electrons. The fraction of sp³-hybridized carbons (Fsp3) is 0.381. The average molecular weight is 482 g/mol. The van der Waals surface area contributed by atoms with Crippen LogP contribution in [0.3, 0.4) is 0 Å². The van der Waals surface area contributed by atoms with Crippen molar-refractivity contribution in [2.24, 2.45) is 0 Å². The largest absolute Gasteiger partial charge is 0.506 e. The molecule has 1 aliphatic rings. The van der Waals surface area contributed by atoms with E-state index in [1.807, 2.05) is 0 Å². The molecule has 2 aromatic carbocycles. The summed E-state index contributed by atoms with van der Waals surface area (Å²) in [7, 11) is -7.68. The van der Waals surface area contributed by atoms with Gasteiger partial charge in [0.15, 0.2) is 0 Å². The Morgan fingerprint density at radius 1 is 1.06 bits per heavy atom. The maximum absolute atomic E-state index is 13.0. The molecule has 1 fully saturated rings. The minimum absolute atomic E-state index is 0.0746. The first-order valence-corrected chi connectivity index (χ1v) is 13.2. The fourth-order valence-electron chi connectivity index (χ4n) is 3.72. The van der Waals surface area contributed by atoms with E-state index in [9.17, 15) is 26.7 Å². The van der Waals surface area contributed by atoms with Gasteiger partial charge in [-0.05, 0) is 43.2 Å². The van der Waals surface area contributed by atoms with Gasteiger partial charge in [0.25, 0.3) is 0 Å². The number of nitrogens with one attached hydrogen (secondary N) is 1. The van der Waals surface area contributed by atoms with Crippen molar-refractivity contribution in [2.75, 3.05) is 25.0 Å². The number of benzene rings is 2. The number of rotatable bonds is 8. The number of amides is 1. The summed E-state index contributed by atoms with van der Waals surface area (Å²) >= 11 is 0. The maximum Gasteiger partial charge on any atom is 0.243 e. The van der Waals surface area contributed by atoms with E-state index in [1.165, 1.54) is 34.6 Å². The van der Waals surface area contributed by atoms with Crippen LogP contribution in [0.4, 0.5) is 5.69 Å². The molecular formula is C21H27N3O6S2. The van der Waals surface area contributed by atoms with Gasteiger partial charge in [0.05, 0.1) is 15.5 Å². The van der Waals surface area contributed by atoms with Crippen molar-refractivity contribution in [3.63, 3.8) is 0 Å². The molecule has 11 heteroatoms. The van der Waals surface area contributed by atoms with Crippen molar-refractivity contribution in [1.29, 1.82) is 0 Å². The second-order valence-electron chi connectivity index (χ2n) is 7.34. The molecular weight excluding hydrogens is 454 g/mol. The number of nitrogens with zero attached hydrogens (tertiary/aromatic N) is 2. The van der Waals surface area contributed by atoms with Crippen LogP contribution in [0.15, 0.2) is 58.3 Å². The number of phenolic OH excluding ortho intramolecular Hbond substituents is 1. The Bertz CT molecular complexity index is 1180. The number of aromatic hydroxyl groups is 1. The minimum atomic E-state index is -3.88. The summed E-state index contributed by atoms with van der Waals surface area (Å²) in [5.74, 6) is -0.943. The van der Waals surface area contributed by atoms with Crippen molar-refractivity contribution < 1.29 is 26.7 Å². The predicted molar refractivity (Wildman–Crippen MR) is 120 cm³/mol. The molecule has 0 aromatic heterocycles. The third kappa shape index (κ3) is 4.65. The van der Waals surface area contributed by atoms with E-state index < -0.39 is 32.0 Å². The lowest BCUT2D eigenvalue weighted by Crippen LogP contribution is -2.43. The molecule has 0 aliphatic carbocycles. The second kappa shape index (κ2) is 9.57. The summed E-state index contributed by atoms with van der Waals surface area (Å²) in [5, 5.41) is 12.7. The Morgan fingerprint density at radius 3 is 2.34 bits per heavy atom. The van der Waals surface area contributed by atoms with Crippen LogP contribution in [0.5, 0.6) is 5.75 Å². The van der Waals surface area contributed by atoms with Gasteiger partial charge in [0.1, 0.15) is 11.8 Å². The van der Waals surface area contributed by atoms with Crippen LogP contribution < -0.4 is 5.32 Å². The highest BCUT2D eigenvalue weighted by atomic mass is 32.2. The van der Waals surface area contributed by atoms with E-state index in [-0.39, 0.29) is 40.9 Å². The molecule has 1 heterocycles. The number of hydrogen-bond acceptors (Lipinski definition) is 6. The molecule has 32 heavy (non-hydrogen) atoms. The fourth-order valence-corrected chi connectivity index (χ4v) is 6.88. The molecule has 3 rings (SSSR count). The van der Waals surface area contributed by atoms with E-state index in [0.29, 0.717) is 12.8 Å². The van der Waals surface area contributed by atoms with Crippen LogP contribution in [0.2, 0.25) is 0 Å². The van der Waals surface area contributed by atoms with Gasteiger partial charge >= 0.3 is 0 Å². The van der Waals surface area contributed by atoms with Gasteiger partial charge in [0, 0.05) is 19.6 Å². The Hall–Kier alpha value is -2.47. The van der Waals surface area contributed by atoms with Crippen LogP contribution in [-0.4, -0.2) is 62.1 Å². The van der Waals surface area contributed by atoms with Gasteiger partial charge < -0.3 is 10.4 Å². The van der Waals surface area contributed by atoms with Crippen molar-refractivity contribution in [1.82, 2.24) is 8.61 Å². The molecule has 1 unspecified atom stereocenters. The summed E-state index contributed by atoms with van der Waals surface area (Å²) < 4.78 is 54.0. The van der Waals surface area contributed by atoms with E-state index >= 15 is 0 Å². The normalized spacial score (nSPS) is 17.5. The number of phenols is 1. The van der Waals surface area contributed by atoms with Crippen LogP contribution in [0, 0.1) is 0 Å². The van der Waals surface area contributed by atoms with Crippen LogP contribution in [0.25, 0.3) is 0 Å². The van der Waals surface area contributed by atoms with Gasteiger partial charge in [-0.1, -0.05) is 32.0 Å². The van der Waals surface area contributed by atoms with E-state index in [1.54, 1.807) is 32.0 Å². The molecule has 0 spiro atoms. The standard InChI is InChI=1S/C21H27N3O6S2/c1-3-23(4-2)31(27,28)17-12-13-20(25)18(15-17)22-21(26)19-11-8-14-24(19)32(29,30)16-9-6-5-7-10-16/h5-7,9-10,12-13,15,19,25H,3-4,8,11,14H2,1-2H3,(H,22,26). The van der Waals surface area contributed by atoms with Gasteiger partial charge in [-0.3, -0.25) is 4.79 Å². The molecule has 0 saturated carbocycles. The van der Waals surface area contributed by atoms with Crippen LogP contribution >= 0.6 is 0 Å². The quantitative estimate of drug-likeness (QED) is 0.557. The smallest absolute Gasteiger partial charge is 0.243 e. The molecule has 1 saturated heterocycles. The number of hydrogen-bond donors (Lipinski definition) is 2. The first kappa shape index (κ1) is 24.2. The highest BCUT2D eigenvalue weighted by Gasteiger charge is 2.39. The first-order chi connectivity index (χ1) is 15.1. The van der Waals surface area contributed by atoms with Gasteiger partial charge in [-0.15, -0.1) is 0 Å². The molecule has 2 N–H and O–H groups in total. The molecule has 1 aliphatic heterocycles. The third-order valence-corrected chi connectivity index (χ3v) is 9.39. The zero-order chi connectivity index (χ0) is 23.5. The number of anilines is 1. The summed E-state index contributed by atoms with van der Waals surface area (Å²) in [6.07, 6.45) is 0.822. The van der Waals surface area contributed by atoms with E-state index in [2.05, 4.69) is 5.32 Å². The summed E-state index contributed by atoms with van der Waals surface area (Å²) in [5.41, 5.74) is -0.0906. The topological polar surface area (TPSA) is 124 Å². The van der Waals surface area contributed by atoms with E-state index in [4.69, 9.17) is 0 Å². The Balaban J connectivity index is 1.87. The average Bonchev–Trinajstić information content (AvgIpc) is 3.27. The molecule has 0 bridgehead atoms. The Labute approximate surface area is 188 Å². The lowest BCUT2D eigenvalue weighted by molar-refractivity contribution is -0.119. The van der Waals surface area contributed by atoms with Crippen molar-refractivity contribution in [2.45, 2.75) is 42.5 Å². The lowest BCUT2D eigenvalue weighted by atomic mass is 10.2. The third-order valence-electron chi connectivity index (χ3n) is 5.43. The summed E-state index contributed by atoms with van der Waals surface area (Å²) in [6.45, 7) is 4.17. The molecule has 9 nitrogen and oxygen atoms in total. The van der Waals surface area contributed by atoms with Crippen LogP contribution in [-0.2, 0) is 24.8 Å². The Morgan fingerprint density at radius 2 is 1.72 bits per heavy atom. The maximum atomic E-state index is 13.0. The highest BCUT2D eigenvalue weighted by Crippen LogP contribution is 2.31. The predicted octanol–water partition coefficient (Wildman–Crippen LogP) is 2.21. The second-order valence-corrected chi connectivity index (χ2v) is 11.2. The summed E-state index contributed by atoms with van der Waals surface area (Å²) in [4.78, 5) is 13.0. The number of carbonyl (C=O) groups is 1. The SMILES string of the molecule is CCN(CC)S(=O)(=O)c1ccc(O)c(NC(=O)C2CCCN2S(=O)(=O)c2ccccc2)c1. The zero-order valence-electron chi connectivity index (χ0n) is 17.9. The highest BCUT2D eigenvalue weighted by molar-refractivity contribution is 7.89. The van der Waals surface area contributed by atoms with Crippen molar-refractivity contribution in [3.8, 4) is 5.75 Å². The molecule has 1 atom stereocenters. The molecule has 2 aromatic rings.